The van der Waals surface area contributed by atoms with Crippen molar-refractivity contribution in [1.82, 2.24) is 4.72 Å². The monoisotopic (exact) mass is 317 g/mol. The summed E-state index contributed by atoms with van der Waals surface area (Å²) in [5.41, 5.74) is 0. The van der Waals surface area contributed by atoms with Gasteiger partial charge in [-0.15, -0.1) is 0 Å². The maximum atomic E-state index is 12.4. The van der Waals surface area contributed by atoms with E-state index in [9.17, 15) is 13.5 Å². The number of hydrogen-bond donors (Lipinski definition) is 2. The number of rotatable bonds is 8. The van der Waals surface area contributed by atoms with E-state index >= 15 is 0 Å². The van der Waals surface area contributed by atoms with Crippen LogP contribution in [0.1, 0.15) is 20.3 Å². The molecule has 0 bridgehead atoms. The van der Waals surface area contributed by atoms with Crippen LogP contribution in [0, 0.1) is 5.92 Å². The minimum atomic E-state index is -3.78. The molecule has 0 heterocycles. The molecule has 21 heavy (non-hydrogen) atoms. The Labute approximate surface area is 126 Å². The third-order valence-electron chi connectivity index (χ3n) is 2.96. The average Bonchev–Trinajstić information content (AvgIpc) is 2.44. The van der Waals surface area contributed by atoms with Gasteiger partial charge in [-0.1, -0.05) is 13.8 Å². The van der Waals surface area contributed by atoms with E-state index in [0.29, 0.717) is 12.2 Å². The Balaban J connectivity index is 3.06. The molecule has 2 N–H and O–H groups in total. The van der Waals surface area contributed by atoms with Gasteiger partial charge < -0.3 is 14.6 Å². The number of sulfonamides is 1. The Bertz CT molecular complexity index is 556. The van der Waals surface area contributed by atoms with Gasteiger partial charge in [0.05, 0.1) is 20.8 Å². The van der Waals surface area contributed by atoms with Crippen molar-refractivity contribution in [2.24, 2.45) is 5.92 Å². The number of hydrogen-bond acceptors (Lipinski definition) is 5. The van der Waals surface area contributed by atoms with Gasteiger partial charge in [0.15, 0.2) is 0 Å². The van der Waals surface area contributed by atoms with Gasteiger partial charge in [0.2, 0.25) is 10.0 Å². The maximum Gasteiger partial charge on any atom is 0.244 e. The normalized spacial score (nSPS) is 13.2. The molecule has 0 aliphatic heterocycles. The fourth-order valence-corrected chi connectivity index (χ4v) is 3.40. The zero-order chi connectivity index (χ0) is 16.0. The molecule has 0 aliphatic rings. The second kappa shape index (κ2) is 7.63. The van der Waals surface area contributed by atoms with E-state index in [0.717, 1.165) is 0 Å². The summed E-state index contributed by atoms with van der Waals surface area (Å²) in [6.45, 7) is 3.67. The summed E-state index contributed by atoms with van der Waals surface area (Å²) in [7, 11) is -0.890. The van der Waals surface area contributed by atoms with Crippen LogP contribution < -0.4 is 14.2 Å². The van der Waals surface area contributed by atoms with E-state index in [1.165, 1.54) is 26.4 Å². The van der Waals surface area contributed by atoms with Gasteiger partial charge in [0, 0.05) is 12.1 Å². The Hall–Kier alpha value is -1.31. The van der Waals surface area contributed by atoms with Crippen molar-refractivity contribution >= 4 is 10.0 Å². The van der Waals surface area contributed by atoms with Gasteiger partial charge in [-0.25, -0.2) is 13.1 Å². The van der Waals surface area contributed by atoms with Gasteiger partial charge in [-0.05, 0) is 24.5 Å². The highest BCUT2D eigenvalue weighted by atomic mass is 32.2. The molecule has 1 aromatic carbocycles. The predicted octanol–water partition coefficient (Wildman–Crippen LogP) is 1.39. The molecule has 0 aromatic heterocycles. The van der Waals surface area contributed by atoms with Crippen LogP contribution in [-0.4, -0.2) is 40.4 Å². The van der Waals surface area contributed by atoms with Crippen LogP contribution in [0.5, 0.6) is 11.5 Å². The van der Waals surface area contributed by atoms with E-state index in [1.54, 1.807) is 6.07 Å². The minimum Gasteiger partial charge on any atom is -0.497 e. The fraction of sp³-hybridized carbons (Fsp3) is 0.571. The van der Waals surface area contributed by atoms with E-state index in [-0.39, 0.29) is 23.2 Å². The lowest BCUT2D eigenvalue weighted by molar-refractivity contribution is 0.240. The highest BCUT2D eigenvalue weighted by Crippen LogP contribution is 2.28. The summed E-state index contributed by atoms with van der Waals surface area (Å²) in [4.78, 5) is 0.0213. The molecule has 1 rings (SSSR count). The SMILES string of the molecule is COc1ccc(S(=O)(=O)NC(CO)CC(C)C)c(OC)c1. The van der Waals surface area contributed by atoms with Crippen molar-refractivity contribution in [3.8, 4) is 11.5 Å². The number of nitrogens with one attached hydrogen (secondary N) is 1. The Morgan fingerprint density at radius 1 is 1.24 bits per heavy atom. The molecule has 1 aromatic rings. The average molecular weight is 317 g/mol. The van der Waals surface area contributed by atoms with Gasteiger partial charge in [0.1, 0.15) is 16.4 Å². The number of aliphatic hydroxyl groups is 1. The maximum absolute atomic E-state index is 12.4. The zero-order valence-corrected chi connectivity index (χ0v) is 13.6. The minimum absolute atomic E-state index is 0.0213. The van der Waals surface area contributed by atoms with Crippen molar-refractivity contribution in [3.05, 3.63) is 18.2 Å². The lowest BCUT2D eigenvalue weighted by Gasteiger charge is -2.19. The van der Waals surface area contributed by atoms with Crippen LogP contribution in [0.2, 0.25) is 0 Å². The quantitative estimate of drug-likeness (QED) is 0.757. The molecular weight excluding hydrogens is 294 g/mol. The molecule has 6 nitrogen and oxygen atoms in total. The van der Waals surface area contributed by atoms with Gasteiger partial charge in [0.25, 0.3) is 0 Å². The standard InChI is InChI=1S/C14H23NO5S/c1-10(2)7-11(9-16)15-21(17,18)14-6-5-12(19-3)8-13(14)20-4/h5-6,8,10-11,15-16H,7,9H2,1-4H3. The molecule has 0 radical (unpaired) electrons. The molecule has 0 fully saturated rings. The topological polar surface area (TPSA) is 84.9 Å². The largest absolute Gasteiger partial charge is 0.497 e. The molecule has 7 heteroatoms. The third kappa shape index (κ3) is 4.87. The Morgan fingerprint density at radius 2 is 1.90 bits per heavy atom. The molecule has 1 unspecified atom stereocenters. The summed E-state index contributed by atoms with van der Waals surface area (Å²) in [5, 5.41) is 9.32. The molecule has 0 saturated carbocycles. The number of ether oxygens (including phenoxy) is 2. The summed E-state index contributed by atoms with van der Waals surface area (Å²) in [6, 6.07) is 3.95. The van der Waals surface area contributed by atoms with Crippen LogP contribution >= 0.6 is 0 Å². The van der Waals surface area contributed by atoms with Gasteiger partial charge in [-0.3, -0.25) is 0 Å². The fourth-order valence-electron chi connectivity index (χ4n) is 2.01. The van der Waals surface area contributed by atoms with Crippen LogP contribution in [0.3, 0.4) is 0 Å². The van der Waals surface area contributed by atoms with E-state index in [1.807, 2.05) is 13.8 Å². The molecule has 0 spiro atoms. The molecule has 0 aliphatic carbocycles. The van der Waals surface area contributed by atoms with Gasteiger partial charge in [-0.2, -0.15) is 0 Å². The van der Waals surface area contributed by atoms with Crippen LogP contribution in [-0.2, 0) is 10.0 Å². The predicted molar refractivity (Wildman–Crippen MR) is 80.2 cm³/mol. The van der Waals surface area contributed by atoms with Crippen LogP contribution in [0.4, 0.5) is 0 Å². The highest BCUT2D eigenvalue weighted by Gasteiger charge is 2.24. The van der Waals surface area contributed by atoms with Crippen LogP contribution in [0.25, 0.3) is 0 Å². The van der Waals surface area contributed by atoms with E-state index in [2.05, 4.69) is 4.72 Å². The van der Waals surface area contributed by atoms with Crippen molar-refractivity contribution in [2.75, 3.05) is 20.8 Å². The van der Waals surface area contributed by atoms with E-state index < -0.39 is 16.1 Å². The number of methoxy groups -OCH3 is 2. The van der Waals surface area contributed by atoms with Crippen molar-refractivity contribution in [2.45, 2.75) is 31.2 Å². The van der Waals surface area contributed by atoms with Gasteiger partial charge >= 0.3 is 0 Å². The summed E-state index contributed by atoms with van der Waals surface area (Å²) < 4.78 is 37.5. The van der Waals surface area contributed by atoms with Crippen molar-refractivity contribution in [1.29, 1.82) is 0 Å². The van der Waals surface area contributed by atoms with Crippen molar-refractivity contribution in [3.63, 3.8) is 0 Å². The second-order valence-corrected chi connectivity index (χ2v) is 6.83. The molecule has 0 amide bonds. The molecular formula is C14H23NO5S. The summed E-state index contributed by atoms with van der Waals surface area (Å²) in [5.74, 6) is 0.970. The van der Waals surface area contributed by atoms with Crippen LogP contribution in [0.15, 0.2) is 23.1 Å². The third-order valence-corrected chi connectivity index (χ3v) is 4.52. The second-order valence-electron chi connectivity index (χ2n) is 5.15. The first-order valence-corrected chi connectivity index (χ1v) is 8.17. The first-order chi connectivity index (χ1) is 9.83. The molecule has 1 atom stereocenters. The smallest absolute Gasteiger partial charge is 0.244 e. The first kappa shape index (κ1) is 17.7. The highest BCUT2D eigenvalue weighted by molar-refractivity contribution is 7.89. The number of aliphatic hydroxyl groups excluding tert-OH is 1. The summed E-state index contributed by atoms with van der Waals surface area (Å²) in [6.07, 6.45) is 0.550. The molecule has 120 valence electrons. The first-order valence-electron chi connectivity index (χ1n) is 6.69. The zero-order valence-electron chi connectivity index (χ0n) is 12.8. The summed E-state index contributed by atoms with van der Waals surface area (Å²) >= 11 is 0. The lowest BCUT2D eigenvalue weighted by Crippen LogP contribution is -2.38. The van der Waals surface area contributed by atoms with E-state index in [4.69, 9.17) is 9.47 Å². The number of benzene rings is 1. The van der Waals surface area contributed by atoms with Crippen molar-refractivity contribution < 1.29 is 23.0 Å². The lowest BCUT2D eigenvalue weighted by atomic mass is 10.1. The Kier molecular flexibility index (Phi) is 6.44. The molecule has 0 saturated heterocycles. The Morgan fingerprint density at radius 3 is 2.38 bits per heavy atom.